The van der Waals surface area contributed by atoms with Gasteiger partial charge in [0, 0.05) is 6.07 Å². The number of benzene rings is 1. The van der Waals surface area contributed by atoms with Gasteiger partial charge in [-0.1, -0.05) is 6.07 Å². The molecule has 0 amide bonds. The molecule has 1 aromatic heterocycles. The van der Waals surface area contributed by atoms with Crippen LogP contribution in [0.15, 0.2) is 24.3 Å². The quantitative estimate of drug-likeness (QED) is 0.862. The Bertz CT molecular complexity index is 581. The van der Waals surface area contributed by atoms with E-state index in [4.69, 9.17) is 21.1 Å². The third-order valence-electron chi connectivity index (χ3n) is 1.91. The summed E-state index contributed by atoms with van der Waals surface area (Å²) in [5.74, 6) is -0.158. The maximum Gasteiger partial charge on any atom is 0.329 e. The Morgan fingerprint density at radius 1 is 1.16 bits per heavy atom. The average molecular weight is 284 g/mol. The molecule has 7 heteroatoms. The Morgan fingerprint density at radius 2 is 1.89 bits per heavy atom. The van der Waals surface area contributed by atoms with Crippen LogP contribution < -0.4 is 9.47 Å². The molecule has 0 radical (unpaired) electrons. The molecule has 100 valence electrons. The number of ether oxygens (including phenoxy) is 2. The van der Waals surface area contributed by atoms with E-state index in [9.17, 15) is 4.39 Å². The van der Waals surface area contributed by atoms with Gasteiger partial charge in [0.1, 0.15) is 11.6 Å². The van der Waals surface area contributed by atoms with E-state index in [1.165, 1.54) is 18.2 Å². The van der Waals surface area contributed by atoms with Crippen LogP contribution in [-0.4, -0.2) is 21.1 Å². The average Bonchev–Trinajstić information content (AvgIpc) is 2.26. The normalized spacial score (nSPS) is 10.6. The third kappa shape index (κ3) is 4.03. The van der Waals surface area contributed by atoms with Crippen molar-refractivity contribution in [1.29, 1.82) is 0 Å². The van der Waals surface area contributed by atoms with Crippen LogP contribution in [0.4, 0.5) is 4.39 Å². The van der Waals surface area contributed by atoms with E-state index < -0.39 is 5.82 Å². The maximum absolute atomic E-state index is 13.0. The number of hydrogen-bond donors (Lipinski definition) is 0. The molecule has 0 saturated carbocycles. The maximum atomic E-state index is 13.0. The number of aromatic nitrogens is 3. The van der Waals surface area contributed by atoms with Gasteiger partial charge in [-0.15, -0.1) is 4.98 Å². The van der Waals surface area contributed by atoms with E-state index in [0.29, 0.717) is 0 Å². The Morgan fingerprint density at radius 3 is 2.58 bits per heavy atom. The SMILES string of the molecule is CC(C)Oc1nc(Cl)nc(Oc2cccc(F)c2)n1. The van der Waals surface area contributed by atoms with Gasteiger partial charge in [-0.25, -0.2) is 4.39 Å². The van der Waals surface area contributed by atoms with Crippen molar-refractivity contribution in [2.75, 3.05) is 0 Å². The molecule has 1 heterocycles. The van der Waals surface area contributed by atoms with Gasteiger partial charge in [0.05, 0.1) is 6.10 Å². The van der Waals surface area contributed by atoms with Gasteiger partial charge in [-0.2, -0.15) is 9.97 Å². The van der Waals surface area contributed by atoms with Crippen LogP contribution in [0.25, 0.3) is 0 Å². The minimum Gasteiger partial charge on any atom is -0.461 e. The van der Waals surface area contributed by atoms with E-state index in [1.807, 2.05) is 13.8 Å². The van der Waals surface area contributed by atoms with Crippen LogP contribution in [-0.2, 0) is 0 Å². The first-order valence-electron chi connectivity index (χ1n) is 5.54. The van der Waals surface area contributed by atoms with Crippen molar-refractivity contribution in [2.45, 2.75) is 20.0 Å². The summed E-state index contributed by atoms with van der Waals surface area (Å²) in [5, 5.41) is -0.0583. The minimum absolute atomic E-state index is 0.0544. The van der Waals surface area contributed by atoms with Gasteiger partial charge in [0.2, 0.25) is 5.28 Å². The Balaban J connectivity index is 2.22. The molecule has 0 aliphatic rings. The molecule has 19 heavy (non-hydrogen) atoms. The van der Waals surface area contributed by atoms with E-state index in [1.54, 1.807) is 6.07 Å². The molecule has 0 bridgehead atoms. The molecule has 5 nitrogen and oxygen atoms in total. The van der Waals surface area contributed by atoms with Crippen molar-refractivity contribution in [3.05, 3.63) is 35.4 Å². The summed E-state index contributed by atoms with van der Waals surface area (Å²) in [6.07, 6.45) is -0.111. The monoisotopic (exact) mass is 283 g/mol. The molecule has 0 aliphatic carbocycles. The molecule has 0 N–H and O–H groups in total. The van der Waals surface area contributed by atoms with E-state index in [2.05, 4.69) is 15.0 Å². The summed E-state index contributed by atoms with van der Waals surface area (Å²) in [6, 6.07) is 5.60. The van der Waals surface area contributed by atoms with Crippen LogP contribution in [0.5, 0.6) is 17.8 Å². The molecule has 1 aromatic carbocycles. The smallest absolute Gasteiger partial charge is 0.329 e. The van der Waals surface area contributed by atoms with Crippen molar-refractivity contribution in [3.63, 3.8) is 0 Å². The highest BCUT2D eigenvalue weighted by Crippen LogP contribution is 2.21. The Labute approximate surface area is 114 Å². The summed E-state index contributed by atoms with van der Waals surface area (Å²) in [7, 11) is 0. The second-order valence-electron chi connectivity index (χ2n) is 3.90. The number of nitrogens with zero attached hydrogens (tertiary/aromatic N) is 3. The molecular weight excluding hydrogens is 273 g/mol. The lowest BCUT2D eigenvalue weighted by Crippen LogP contribution is -2.09. The van der Waals surface area contributed by atoms with Crippen LogP contribution >= 0.6 is 11.6 Å². The van der Waals surface area contributed by atoms with Crippen molar-refractivity contribution in [1.82, 2.24) is 15.0 Å². The van der Waals surface area contributed by atoms with Crippen LogP contribution in [0.1, 0.15) is 13.8 Å². The van der Waals surface area contributed by atoms with Crippen molar-refractivity contribution >= 4 is 11.6 Å². The molecule has 0 saturated heterocycles. The second-order valence-corrected chi connectivity index (χ2v) is 4.23. The lowest BCUT2D eigenvalue weighted by Gasteiger charge is -2.09. The van der Waals surface area contributed by atoms with E-state index in [-0.39, 0.29) is 29.2 Å². The van der Waals surface area contributed by atoms with Crippen LogP contribution in [0, 0.1) is 5.82 Å². The highest BCUT2D eigenvalue weighted by Gasteiger charge is 2.10. The largest absolute Gasteiger partial charge is 0.461 e. The molecule has 2 rings (SSSR count). The fourth-order valence-electron chi connectivity index (χ4n) is 1.26. The van der Waals surface area contributed by atoms with Crippen molar-refractivity contribution < 1.29 is 13.9 Å². The van der Waals surface area contributed by atoms with Gasteiger partial charge in [0.25, 0.3) is 0 Å². The van der Waals surface area contributed by atoms with Gasteiger partial charge in [-0.3, -0.25) is 0 Å². The molecular formula is C12H11ClFN3O2. The lowest BCUT2D eigenvalue weighted by atomic mass is 10.3. The predicted octanol–water partition coefficient (Wildman–Crippen LogP) is 3.24. The van der Waals surface area contributed by atoms with E-state index in [0.717, 1.165) is 0 Å². The minimum atomic E-state index is -0.420. The second kappa shape index (κ2) is 5.79. The summed E-state index contributed by atoms with van der Waals surface area (Å²) >= 11 is 5.73. The van der Waals surface area contributed by atoms with Gasteiger partial charge >= 0.3 is 12.0 Å². The summed E-state index contributed by atoms with van der Waals surface area (Å²) in [5.41, 5.74) is 0. The molecule has 0 fully saturated rings. The number of rotatable bonds is 4. The summed E-state index contributed by atoms with van der Waals surface area (Å²) in [4.78, 5) is 11.5. The first-order valence-corrected chi connectivity index (χ1v) is 5.92. The number of hydrogen-bond acceptors (Lipinski definition) is 5. The zero-order valence-electron chi connectivity index (χ0n) is 10.3. The zero-order chi connectivity index (χ0) is 13.8. The van der Waals surface area contributed by atoms with Gasteiger partial charge in [0.15, 0.2) is 0 Å². The Kier molecular flexibility index (Phi) is 4.11. The fourth-order valence-corrected chi connectivity index (χ4v) is 1.40. The highest BCUT2D eigenvalue weighted by atomic mass is 35.5. The number of halogens is 2. The molecule has 0 atom stereocenters. The van der Waals surface area contributed by atoms with Crippen LogP contribution in [0.3, 0.4) is 0 Å². The standard InChI is InChI=1S/C12H11ClFN3O2/c1-7(2)18-11-15-10(13)16-12(17-11)19-9-5-3-4-8(14)6-9/h3-7H,1-2H3. The summed E-state index contributed by atoms with van der Waals surface area (Å²) < 4.78 is 23.6. The molecule has 2 aromatic rings. The van der Waals surface area contributed by atoms with Crippen molar-refractivity contribution in [2.24, 2.45) is 0 Å². The van der Waals surface area contributed by atoms with E-state index >= 15 is 0 Å². The fraction of sp³-hybridized carbons (Fsp3) is 0.250. The topological polar surface area (TPSA) is 57.1 Å². The van der Waals surface area contributed by atoms with Gasteiger partial charge < -0.3 is 9.47 Å². The first kappa shape index (κ1) is 13.5. The lowest BCUT2D eigenvalue weighted by molar-refractivity contribution is 0.218. The first-order chi connectivity index (χ1) is 9.02. The van der Waals surface area contributed by atoms with Crippen LogP contribution in [0.2, 0.25) is 5.28 Å². The Hall–Kier alpha value is -1.95. The molecule has 0 spiro atoms. The third-order valence-corrected chi connectivity index (χ3v) is 2.08. The zero-order valence-corrected chi connectivity index (χ0v) is 11.1. The highest BCUT2D eigenvalue weighted by molar-refractivity contribution is 6.28. The van der Waals surface area contributed by atoms with Crippen molar-refractivity contribution in [3.8, 4) is 17.8 Å². The predicted molar refractivity (Wildman–Crippen MR) is 67.1 cm³/mol. The molecule has 0 aliphatic heterocycles. The summed E-state index contributed by atoms with van der Waals surface area (Å²) in [6.45, 7) is 3.65. The molecule has 0 unspecified atom stereocenters. The van der Waals surface area contributed by atoms with Gasteiger partial charge in [-0.05, 0) is 37.6 Å².